The predicted octanol–water partition coefficient (Wildman–Crippen LogP) is 0.284. The van der Waals surface area contributed by atoms with E-state index in [9.17, 15) is 14.7 Å². The molecule has 2 unspecified atom stereocenters. The van der Waals surface area contributed by atoms with Gasteiger partial charge in [-0.1, -0.05) is 20.3 Å². The number of rotatable bonds is 3. The number of hydrogen-bond acceptors (Lipinski definition) is 3. The number of aliphatic hydroxyl groups excluding tert-OH is 1. The predicted molar refractivity (Wildman–Crippen MR) is 58.9 cm³/mol. The molecule has 0 bridgehead atoms. The molecule has 4 nitrogen and oxygen atoms in total. The maximum absolute atomic E-state index is 11.3. The van der Waals surface area contributed by atoms with Crippen LogP contribution in [0.2, 0.25) is 0 Å². The summed E-state index contributed by atoms with van der Waals surface area (Å²) >= 11 is 0. The van der Waals surface area contributed by atoms with E-state index in [4.69, 9.17) is 0 Å². The van der Waals surface area contributed by atoms with Crippen molar-refractivity contribution in [1.29, 1.82) is 0 Å². The number of nitrogens with one attached hydrogen (secondary N) is 1. The Morgan fingerprint density at radius 1 is 1.60 bits per heavy atom. The molecule has 1 aliphatic rings. The number of ketones is 1. The van der Waals surface area contributed by atoms with Crippen molar-refractivity contribution in [2.45, 2.75) is 33.2 Å². The second-order valence-corrected chi connectivity index (χ2v) is 3.65. The number of carbonyl (C=O) groups is 2. The van der Waals surface area contributed by atoms with Crippen LogP contribution in [0.1, 0.15) is 27.2 Å². The van der Waals surface area contributed by atoms with Crippen LogP contribution in [-0.4, -0.2) is 74.2 Å². The van der Waals surface area contributed by atoms with Gasteiger partial charge in [-0.25, -0.2) is 0 Å². The van der Waals surface area contributed by atoms with E-state index in [2.05, 4.69) is 5.32 Å². The van der Waals surface area contributed by atoms with Crippen LogP contribution in [0.3, 0.4) is 0 Å². The molecule has 1 amide bonds. The summed E-state index contributed by atoms with van der Waals surface area (Å²) in [5.74, 6) is -0.807. The second kappa shape index (κ2) is 6.15. The van der Waals surface area contributed by atoms with E-state index < -0.39 is 11.9 Å². The quantitative estimate of drug-likeness (QED) is 0.547. The molecule has 0 aliphatic carbocycles. The summed E-state index contributed by atoms with van der Waals surface area (Å²) in [4.78, 5) is 22.4. The summed E-state index contributed by atoms with van der Waals surface area (Å²) in [6, 6.07) is -0.397. The van der Waals surface area contributed by atoms with Crippen molar-refractivity contribution >= 4 is 63.1 Å². The first-order valence-corrected chi connectivity index (χ1v) is 4.74. The molecule has 1 rings (SSSR count). The van der Waals surface area contributed by atoms with Gasteiger partial charge in [0, 0.05) is 0 Å². The number of aliphatic hydroxyl groups is 1. The van der Waals surface area contributed by atoms with Crippen molar-refractivity contribution in [3.05, 3.63) is 11.3 Å². The first-order chi connectivity index (χ1) is 6.49. The van der Waals surface area contributed by atoms with E-state index in [0.717, 1.165) is 6.42 Å². The van der Waals surface area contributed by atoms with Crippen LogP contribution in [0.15, 0.2) is 11.3 Å². The summed E-state index contributed by atoms with van der Waals surface area (Å²) in [6.45, 7) is 5.17. The Labute approximate surface area is 132 Å². The van der Waals surface area contributed by atoms with Gasteiger partial charge >= 0.3 is 51.4 Å². The van der Waals surface area contributed by atoms with Crippen molar-refractivity contribution in [2.75, 3.05) is 0 Å². The third-order valence-corrected chi connectivity index (χ3v) is 2.63. The normalized spacial score (nSPS) is 22.1. The first kappa shape index (κ1) is 15.3. The SMILES string of the molecule is CCC(C)C1NC(=O)C(C(C)=O)=C1O.[KH]. The average Bonchev–Trinajstić information content (AvgIpc) is 2.40. The standard InChI is InChI=1S/C10H15NO3.K.H/c1-4-5(2)8-9(13)7(6(3)12)10(14)11-8;;/h5,8,13H,4H2,1-3H3,(H,11,14);;. The van der Waals surface area contributed by atoms with Gasteiger partial charge in [0.15, 0.2) is 5.78 Å². The molecule has 15 heavy (non-hydrogen) atoms. The Balaban J connectivity index is 0.00000196. The van der Waals surface area contributed by atoms with Crippen molar-refractivity contribution in [3.8, 4) is 0 Å². The van der Waals surface area contributed by atoms with Gasteiger partial charge in [0.25, 0.3) is 5.91 Å². The molecule has 0 fully saturated rings. The molecule has 0 saturated heterocycles. The second-order valence-electron chi connectivity index (χ2n) is 3.65. The van der Waals surface area contributed by atoms with E-state index in [1.54, 1.807) is 0 Å². The Morgan fingerprint density at radius 2 is 2.13 bits per heavy atom. The van der Waals surface area contributed by atoms with Gasteiger partial charge in [-0.15, -0.1) is 0 Å². The molecular formula is C10H16KNO3. The Morgan fingerprint density at radius 3 is 2.47 bits per heavy atom. The zero-order chi connectivity index (χ0) is 10.9. The molecule has 0 radical (unpaired) electrons. The molecule has 0 aromatic carbocycles. The van der Waals surface area contributed by atoms with Crippen molar-refractivity contribution in [3.63, 3.8) is 0 Å². The third kappa shape index (κ3) is 3.14. The minimum absolute atomic E-state index is 0. The molecule has 1 aliphatic heterocycles. The zero-order valence-corrected chi connectivity index (χ0v) is 8.63. The van der Waals surface area contributed by atoms with Crippen LogP contribution in [-0.2, 0) is 9.59 Å². The van der Waals surface area contributed by atoms with Gasteiger partial charge in [0.05, 0.1) is 6.04 Å². The van der Waals surface area contributed by atoms with Gasteiger partial charge in [-0.3, -0.25) is 9.59 Å². The molecule has 1 heterocycles. The van der Waals surface area contributed by atoms with Crippen LogP contribution < -0.4 is 5.32 Å². The Hall–Kier alpha value is 0.316. The molecular weight excluding hydrogens is 221 g/mol. The molecule has 0 spiro atoms. The van der Waals surface area contributed by atoms with E-state index in [0.29, 0.717) is 0 Å². The van der Waals surface area contributed by atoms with Crippen LogP contribution in [0.4, 0.5) is 0 Å². The average molecular weight is 237 g/mol. The van der Waals surface area contributed by atoms with Crippen LogP contribution in [0.25, 0.3) is 0 Å². The van der Waals surface area contributed by atoms with Gasteiger partial charge < -0.3 is 10.4 Å². The summed E-state index contributed by atoms with van der Waals surface area (Å²) in [5.41, 5.74) is -0.0877. The molecule has 0 aromatic heterocycles. The number of hydrogen-bond donors (Lipinski definition) is 2. The van der Waals surface area contributed by atoms with Crippen LogP contribution >= 0.6 is 0 Å². The summed E-state index contributed by atoms with van der Waals surface area (Å²) in [6.07, 6.45) is 0.834. The monoisotopic (exact) mass is 237 g/mol. The summed E-state index contributed by atoms with van der Waals surface area (Å²) < 4.78 is 0. The zero-order valence-electron chi connectivity index (χ0n) is 8.63. The van der Waals surface area contributed by atoms with Crippen molar-refractivity contribution in [2.24, 2.45) is 5.92 Å². The Bertz CT molecular complexity index is 312. The van der Waals surface area contributed by atoms with Gasteiger partial charge in [0.2, 0.25) is 0 Å². The summed E-state index contributed by atoms with van der Waals surface area (Å²) in [7, 11) is 0. The fraction of sp³-hybridized carbons (Fsp3) is 0.600. The van der Waals surface area contributed by atoms with Gasteiger partial charge in [-0.05, 0) is 12.8 Å². The first-order valence-electron chi connectivity index (χ1n) is 4.74. The topological polar surface area (TPSA) is 66.4 Å². The van der Waals surface area contributed by atoms with E-state index in [1.165, 1.54) is 6.92 Å². The minimum atomic E-state index is -0.458. The fourth-order valence-electron chi connectivity index (χ4n) is 1.54. The molecule has 5 heteroatoms. The molecule has 0 saturated carbocycles. The van der Waals surface area contributed by atoms with Gasteiger partial charge in [-0.2, -0.15) is 0 Å². The molecule has 2 atom stereocenters. The number of Topliss-reactive ketones (excluding diaryl/α,β-unsaturated/α-hetero) is 1. The molecule has 2 N–H and O–H groups in total. The number of carbonyl (C=O) groups excluding carboxylic acids is 2. The van der Waals surface area contributed by atoms with Crippen molar-refractivity contribution in [1.82, 2.24) is 5.32 Å². The van der Waals surface area contributed by atoms with Crippen LogP contribution in [0.5, 0.6) is 0 Å². The maximum atomic E-state index is 11.3. The number of amides is 1. The third-order valence-electron chi connectivity index (χ3n) is 2.63. The van der Waals surface area contributed by atoms with Gasteiger partial charge in [0.1, 0.15) is 11.3 Å². The Kier molecular flexibility index (Phi) is 6.28. The van der Waals surface area contributed by atoms with E-state index in [1.807, 2.05) is 13.8 Å². The molecule has 80 valence electrons. The van der Waals surface area contributed by atoms with Crippen LogP contribution in [0, 0.1) is 5.92 Å². The van der Waals surface area contributed by atoms with Crippen molar-refractivity contribution < 1.29 is 14.7 Å². The summed E-state index contributed by atoms with van der Waals surface area (Å²) in [5, 5.41) is 12.3. The molecule has 0 aromatic rings. The fourth-order valence-corrected chi connectivity index (χ4v) is 1.54. The van der Waals surface area contributed by atoms with E-state index in [-0.39, 0.29) is 74.4 Å². The van der Waals surface area contributed by atoms with E-state index >= 15 is 0 Å².